The second-order valence-corrected chi connectivity index (χ2v) is 5.25. The number of hydrogen-bond donors (Lipinski definition) is 2. The zero-order valence-electron chi connectivity index (χ0n) is 13.5. The Morgan fingerprint density at radius 3 is 2.21 bits per heavy atom. The van der Waals surface area contributed by atoms with E-state index in [1.807, 2.05) is 0 Å². The van der Waals surface area contributed by atoms with Crippen LogP contribution in [-0.4, -0.2) is 24.7 Å². The predicted octanol–water partition coefficient (Wildman–Crippen LogP) is 2.18. The fourth-order valence-electron chi connectivity index (χ4n) is 2.23. The fraction of sp³-hybridized carbons (Fsp3) is 0.167. The summed E-state index contributed by atoms with van der Waals surface area (Å²) in [7, 11) is 1.51. The number of Topliss-reactive ketones (excluding diaryl/α,β-unsaturated/α-hetero) is 1. The zero-order valence-corrected chi connectivity index (χ0v) is 13.5. The third kappa shape index (κ3) is 4.19. The molecule has 2 aromatic carbocycles. The number of hydrogen-bond acceptors (Lipinski definition) is 4. The summed E-state index contributed by atoms with van der Waals surface area (Å²) in [5, 5.41) is 2.73. The van der Waals surface area contributed by atoms with E-state index in [-0.39, 0.29) is 18.1 Å². The molecule has 0 bridgehead atoms. The first kappa shape index (κ1) is 17.2. The van der Waals surface area contributed by atoms with Crippen molar-refractivity contribution in [2.45, 2.75) is 13.3 Å². The molecule has 0 saturated carbocycles. The number of ether oxygens (including phenoxy) is 1. The molecule has 0 aromatic heterocycles. The van der Waals surface area contributed by atoms with E-state index in [1.54, 1.807) is 30.3 Å². The monoisotopic (exact) mass is 326 g/mol. The van der Waals surface area contributed by atoms with Gasteiger partial charge in [0.2, 0.25) is 11.8 Å². The number of carbonyl (C=O) groups is 3. The van der Waals surface area contributed by atoms with Crippen LogP contribution in [0.3, 0.4) is 0 Å². The molecule has 0 spiro atoms. The van der Waals surface area contributed by atoms with Gasteiger partial charge in [-0.15, -0.1) is 0 Å². The molecule has 6 nitrogen and oxygen atoms in total. The minimum Gasteiger partial charge on any atom is -0.496 e. The Bertz CT molecular complexity index is 782. The van der Waals surface area contributed by atoms with Gasteiger partial charge in [-0.2, -0.15) is 0 Å². The number of amides is 2. The van der Waals surface area contributed by atoms with Crippen molar-refractivity contribution in [1.82, 2.24) is 0 Å². The quantitative estimate of drug-likeness (QED) is 0.795. The standard InChI is InChI=1S/C18H18N2O4/c1-11(21)13-5-8-16(24-2)14(9-13)10-17(22)20-15-6-3-12(4-7-15)18(19)23/h3-9H,10H2,1-2H3,(H2,19,23)(H,20,22). The lowest BCUT2D eigenvalue weighted by Gasteiger charge is -2.10. The van der Waals surface area contributed by atoms with Crippen molar-refractivity contribution in [1.29, 1.82) is 0 Å². The summed E-state index contributed by atoms with van der Waals surface area (Å²) in [5.41, 5.74) is 7.22. The molecule has 2 aromatic rings. The van der Waals surface area contributed by atoms with Crippen molar-refractivity contribution in [3.8, 4) is 5.75 Å². The highest BCUT2D eigenvalue weighted by molar-refractivity contribution is 5.97. The summed E-state index contributed by atoms with van der Waals surface area (Å²) in [6.07, 6.45) is 0.0574. The average Bonchev–Trinajstić information content (AvgIpc) is 2.55. The average molecular weight is 326 g/mol. The first-order valence-corrected chi connectivity index (χ1v) is 7.28. The van der Waals surface area contributed by atoms with Crippen LogP contribution < -0.4 is 15.8 Å². The maximum absolute atomic E-state index is 12.2. The number of primary amides is 1. The number of nitrogens with one attached hydrogen (secondary N) is 1. The Hall–Kier alpha value is -3.15. The minimum absolute atomic E-state index is 0.0574. The van der Waals surface area contributed by atoms with Gasteiger partial charge in [-0.25, -0.2) is 0 Å². The first-order valence-electron chi connectivity index (χ1n) is 7.28. The van der Waals surface area contributed by atoms with Crippen LogP contribution in [0.4, 0.5) is 5.69 Å². The molecule has 0 heterocycles. The summed E-state index contributed by atoms with van der Waals surface area (Å²) >= 11 is 0. The van der Waals surface area contributed by atoms with E-state index in [4.69, 9.17) is 10.5 Å². The lowest BCUT2D eigenvalue weighted by Crippen LogP contribution is -2.16. The summed E-state index contributed by atoms with van der Waals surface area (Å²) in [5.74, 6) is -0.333. The second-order valence-electron chi connectivity index (χ2n) is 5.25. The van der Waals surface area contributed by atoms with Gasteiger partial charge in [0, 0.05) is 22.4 Å². The van der Waals surface area contributed by atoms with E-state index in [0.717, 1.165) is 0 Å². The number of nitrogens with two attached hydrogens (primary N) is 1. The summed E-state index contributed by atoms with van der Waals surface area (Å²) in [4.78, 5) is 34.7. The number of carbonyl (C=O) groups excluding carboxylic acids is 3. The number of ketones is 1. The maximum Gasteiger partial charge on any atom is 0.248 e. The predicted molar refractivity (Wildman–Crippen MR) is 90.3 cm³/mol. The number of benzene rings is 2. The molecule has 0 fully saturated rings. The van der Waals surface area contributed by atoms with Gasteiger partial charge in [0.05, 0.1) is 13.5 Å². The molecular formula is C18H18N2O4. The van der Waals surface area contributed by atoms with Crippen LogP contribution in [0.5, 0.6) is 5.75 Å². The van der Waals surface area contributed by atoms with Gasteiger partial charge >= 0.3 is 0 Å². The summed E-state index contributed by atoms with van der Waals surface area (Å²) in [6.45, 7) is 1.46. The third-order valence-electron chi connectivity index (χ3n) is 3.49. The molecular weight excluding hydrogens is 308 g/mol. The SMILES string of the molecule is COc1ccc(C(C)=O)cc1CC(=O)Nc1ccc(C(N)=O)cc1. The molecule has 0 aliphatic rings. The van der Waals surface area contributed by atoms with Crippen molar-refractivity contribution in [3.05, 3.63) is 59.2 Å². The van der Waals surface area contributed by atoms with Gasteiger partial charge in [-0.05, 0) is 49.4 Å². The van der Waals surface area contributed by atoms with Crippen LogP contribution >= 0.6 is 0 Å². The Morgan fingerprint density at radius 1 is 1.04 bits per heavy atom. The van der Waals surface area contributed by atoms with E-state index in [1.165, 1.54) is 26.2 Å². The van der Waals surface area contributed by atoms with Gasteiger partial charge in [0.25, 0.3) is 0 Å². The third-order valence-corrected chi connectivity index (χ3v) is 3.49. The van der Waals surface area contributed by atoms with E-state index in [9.17, 15) is 14.4 Å². The van der Waals surface area contributed by atoms with Crippen LogP contribution in [0.15, 0.2) is 42.5 Å². The molecule has 3 N–H and O–H groups in total. The van der Waals surface area contributed by atoms with E-state index in [2.05, 4.69) is 5.32 Å². The summed E-state index contributed by atoms with van der Waals surface area (Å²) < 4.78 is 5.23. The lowest BCUT2D eigenvalue weighted by atomic mass is 10.0. The Kier molecular flexibility index (Phi) is 5.31. The Morgan fingerprint density at radius 2 is 1.67 bits per heavy atom. The topological polar surface area (TPSA) is 98.5 Å². The molecule has 124 valence electrons. The van der Waals surface area contributed by atoms with Gasteiger partial charge in [0.15, 0.2) is 5.78 Å². The molecule has 2 amide bonds. The fourth-order valence-corrected chi connectivity index (χ4v) is 2.23. The minimum atomic E-state index is -0.529. The molecule has 0 aliphatic heterocycles. The summed E-state index contributed by atoms with van der Waals surface area (Å²) in [6, 6.07) is 11.2. The molecule has 0 saturated heterocycles. The van der Waals surface area contributed by atoms with Gasteiger partial charge in [-0.3, -0.25) is 14.4 Å². The van der Waals surface area contributed by atoms with Crippen LogP contribution in [0.2, 0.25) is 0 Å². The van der Waals surface area contributed by atoms with Crippen LogP contribution in [-0.2, 0) is 11.2 Å². The smallest absolute Gasteiger partial charge is 0.248 e. The largest absolute Gasteiger partial charge is 0.496 e. The number of anilines is 1. The van der Waals surface area contributed by atoms with E-state index in [0.29, 0.717) is 28.1 Å². The van der Waals surface area contributed by atoms with Crippen molar-refractivity contribution >= 4 is 23.3 Å². The van der Waals surface area contributed by atoms with Crippen molar-refractivity contribution in [2.24, 2.45) is 5.73 Å². The number of methoxy groups -OCH3 is 1. The first-order chi connectivity index (χ1) is 11.4. The highest BCUT2D eigenvalue weighted by Crippen LogP contribution is 2.21. The Balaban J connectivity index is 2.12. The molecule has 24 heavy (non-hydrogen) atoms. The second kappa shape index (κ2) is 7.41. The van der Waals surface area contributed by atoms with Crippen molar-refractivity contribution < 1.29 is 19.1 Å². The highest BCUT2D eigenvalue weighted by atomic mass is 16.5. The van der Waals surface area contributed by atoms with Gasteiger partial charge in [0.1, 0.15) is 5.75 Å². The zero-order chi connectivity index (χ0) is 17.7. The molecule has 0 aliphatic carbocycles. The molecule has 0 atom stereocenters. The van der Waals surface area contributed by atoms with E-state index < -0.39 is 5.91 Å². The Labute approximate surface area is 139 Å². The van der Waals surface area contributed by atoms with Crippen LogP contribution in [0.1, 0.15) is 33.2 Å². The maximum atomic E-state index is 12.2. The van der Waals surface area contributed by atoms with E-state index >= 15 is 0 Å². The van der Waals surface area contributed by atoms with Crippen LogP contribution in [0, 0.1) is 0 Å². The van der Waals surface area contributed by atoms with Crippen molar-refractivity contribution in [2.75, 3.05) is 12.4 Å². The van der Waals surface area contributed by atoms with Crippen molar-refractivity contribution in [3.63, 3.8) is 0 Å². The molecule has 0 radical (unpaired) electrons. The molecule has 0 unspecified atom stereocenters. The number of rotatable bonds is 6. The molecule has 2 rings (SSSR count). The molecule has 6 heteroatoms. The van der Waals surface area contributed by atoms with Gasteiger partial charge < -0.3 is 15.8 Å². The normalized spacial score (nSPS) is 10.1. The highest BCUT2D eigenvalue weighted by Gasteiger charge is 2.12. The van der Waals surface area contributed by atoms with Crippen LogP contribution in [0.25, 0.3) is 0 Å². The lowest BCUT2D eigenvalue weighted by molar-refractivity contribution is -0.115. The van der Waals surface area contributed by atoms with Gasteiger partial charge in [-0.1, -0.05) is 0 Å².